The highest BCUT2D eigenvalue weighted by Crippen LogP contribution is 2.32. The van der Waals surface area contributed by atoms with Crippen LogP contribution in [0, 0.1) is 6.92 Å². The Balaban J connectivity index is 1.58. The molecule has 1 N–H and O–H groups in total. The van der Waals surface area contributed by atoms with Gasteiger partial charge in [0.25, 0.3) is 5.91 Å². The van der Waals surface area contributed by atoms with E-state index in [1.807, 2.05) is 6.07 Å². The van der Waals surface area contributed by atoms with Gasteiger partial charge in [-0.25, -0.2) is 13.1 Å². The summed E-state index contributed by atoms with van der Waals surface area (Å²) in [5, 5.41) is 10.9. The summed E-state index contributed by atoms with van der Waals surface area (Å²) in [6.45, 7) is 4.45. The van der Waals surface area contributed by atoms with Crippen LogP contribution in [0.1, 0.15) is 29.5 Å². The lowest BCUT2D eigenvalue weighted by molar-refractivity contribution is 0.0909. The molecule has 1 amide bonds. The summed E-state index contributed by atoms with van der Waals surface area (Å²) >= 11 is 0. The Bertz CT molecular complexity index is 1020. The molecule has 1 fully saturated rings. The standard InChI is InChI=1S/C17H20N4O5S/c1-11-15(16(22)18-17(2)5-8-27(23,24)10-17)19-20-21(11)12-3-4-13-14(9-12)26-7-6-25-13/h3-4,9H,5-8,10H2,1-2H3,(H,18,22)/t17-/m0/s1. The lowest BCUT2D eigenvalue weighted by Crippen LogP contribution is -2.47. The highest BCUT2D eigenvalue weighted by Gasteiger charge is 2.40. The van der Waals surface area contributed by atoms with E-state index in [1.54, 1.807) is 30.7 Å². The molecule has 0 bridgehead atoms. The van der Waals surface area contributed by atoms with Crippen LogP contribution in [0.4, 0.5) is 0 Å². The van der Waals surface area contributed by atoms with Gasteiger partial charge in [0.15, 0.2) is 27.0 Å². The molecule has 2 aromatic rings. The highest BCUT2D eigenvalue weighted by molar-refractivity contribution is 7.91. The van der Waals surface area contributed by atoms with Gasteiger partial charge in [0, 0.05) is 6.07 Å². The highest BCUT2D eigenvalue weighted by atomic mass is 32.2. The van der Waals surface area contributed by atoms with Crippen LogP contribution in [0.2, 0.25) is 0 Å². The van der Waals surface area contributed by atoms with Crippen molar-refractivity contribution in [3.63, 3.8) is 0 Å². The lowest BCUT2D eigenvalue weighted by Gasteiger charge is -2.23. The van der Waals surface area contributed by atoms with E-state index >= 15 is 0 Å². The summed E-state index contributed by atoms with van der Waals surface area (Å²) in [7, 11) is -3.12. The zero-order chi connectivity index (χ0) is 19.2. The molecule has 4 rings (SSSR count). The predicted molar refractivity (Wildman–Crippen MR) is 96.2 cm³/mol. The Morgan fingerprint density at radius 2 is 2.00 bits per heavy atom. The third-order valence-electron chi connectivity index (χ3n) is 4.80. The number of benzene rings is 1. The van der Waals surface area contributed by atoms with Gasteiger partial charge in [0.1, 0.15) is 13.2 Å². The van der Waals surface area contributed by atoms with Crippen LogP contribution in [0.3, 0.4) is 0 Å². The number of sulfone groups is 1. The third-order valence-corrected chi connectivity index (χ3v) is 6.70. The van der Waals surface area contributed by atoms with Crippen molar-refractivity contribution in [2.45, 2.75) is 25.8 Å². The van der Waals surface area contributed by atoms with Crippen molar-refractivity contribution in [2.24, 2.45) is 0 Å². The molecule has 0 saturated carbocycles. The first-order valence-corrected chi connectivity index (χ1v) is 10.4. The molecule has 1 saturated heterocycles. The molecule has 1 atom stereocenters. The van der Waals surface area contributed by atoms with Gasteiger partial charge >= 0.3 is 0 Å². The van der Waals surface area contributed by atoms with E-state index in [2.05, 4.69) is 15.6 Å². The molecule has 1 aromatic carbocycles. The van der Waals surface area contributed by atoms with Crippen LogP contribution in [-0.2, 0) is 9.84 Å². The fraction of sp³-hybridized carbons (Fsp3) is 0.471. The van der Waals surface area contributed by atoms with Gasteiger partial charge in [-0.3, -0.25) is 4.79 Å². The molecular weight excluding hydrogens is 372 g/mol. The topological polar surface area (TPSA) is 112 Å². The first kappa shape index (κ1) is 17.8. The van der Waals surface area contributed by atoms with Crippen molar-refractivity contribution in [1.82, 2.24) is 20.3 Å². The van der Waals surface area contributed by atoms with Crippen LogP contribution in [0.25, 0.3) is 5.69 Å². The van der Waals surface area contributed by atoms with Gasteiger partial charge in [-0.2, -0.15) is 0 Å². The monoisotopic (exact) mass is 392 g/mol. The second-order valence-electron chi connectivity index (χ2n) is 7.12. The SMILES string of the molecule is Cc1c(C(=O)N[C@@]2(C)CCS(=O)(=O)C2)nnn1-c1ccc2c(c1)OCCO2. The van der Waals surface area contributed by atoms with E-state index < -0.39 is 21.3 Å². The quantitative estimate of drug-likeness (QED) is 0.816. The summed E-state index contributed by atoms with van der Waals surface area (Å²) in [6, 6.07) is 5.37. The molecule has 10 heteroatoms. The zero-order valence-corrected chi connectivity index (χ0v) is 15.9. The number of rotatable bonds is 3. The molecule has 3 heterocycles. The molecule has 2 aliphatic rings. The molecule has 27 heavy (non-hydrogen) atoms. The summed E-state index contributed by atoms with van der Waals surface area (Å²) in [6.07, 6.45) is 0.385. The molecule has 1 aromatic heterocycles. The van der Waals surface area contributed by atoms with E-state index in [-0.39, 0.29) is 17.2 Å². The molecule has 0 aliphatic carbocycles. The van der Waals surface area contributed by atoms with E-state index in [0.29, 0.717) is 42.5 Å². The molecule has 9 nitrogen and oxygen atoms in total. The molecular formula is C17H20N4O5S. The summed E-state index contributed by atoms with van der Waals surface area (Å²) in [5.41, 5.74) is 0.616. The van der Waals surface area contributed by atoms with E-state index in [1.165, 1.54) is 0 Å². The number of ether oxygens (including phenoxy) is 2. The number of amides is 1. The van der Waals surface area contributed by atoms with Crippen LogP contribution in [0.5, 0.6) is 11.5 Å². The normalized spacial score (nSPS) is 23.2. The first-order valence-electron chi connectivity index (χ1n) is 8.62. The van der Waals surface area contributed by atoms with Crippen LogP contribution in [-0.4, -0.2) is 59.6 Å². The summed E-state index contributed by atoms with van der Waals surface area (Å²) in [4.78, 5) is 12.6. The van der Waals surface area contributed by atoms with Crippen molar-refractivity contribution in [3.05, 3.63) is 29.6 Å². The van der Waals surface area contributed by atoms with Crippen LogP contribution in [0.15, 0.2) is 18.2 Å². The Morgan fingerprint density at radius 3 is 2.70 bits per heavy atom. The first-order chi connectivity index (χ1) is 12.8. The Morgan fingerprint density at radius 1 is 1.26 bits per heavy atom. The molecule has 0 radical (unpaired) electrons. The Kier molecular flexibility index (Phi) is 4.10. The second-order valence-corrected chi connectivity index (χ2v) is 9.30. The number of carbonyl (C=O) groups excluding carboxylic acids is 1. The molecule has 0 spiro atoms. The fourth-order valence-corrected chi connectivity index (χ4v) is 5.48. The van der Waals surface area contributed by atoms with Crippen molar-refractivity contribution in [1.29, 1.82) is 0 Å². The van der Waals surface area contributed by atoms with Crippen LogP contribution >= 0.6 is 0 Å². The minimum Gasteiger partial charge on any atom is -0.486 e. The van der Waals surface area contributed by atoms with Crippen molar-refractivity contribution >= 4 is 15.7 Å². The second kappa shape index (κ2) is 6.22. The maximum Gasteiger partial charge on any atom is 0.274 e. The number of aromatic nitrogens is 3. The number of hydrogen-bond donors (Lipinski definition) is 1. The van der Waals surface area contributed by atoms with E-state index in [0.717, 1.165) is 0 Å². The zero-order valence-electron chi connectivity index (χ0n) is 15.1. The predicted octanol–water partition coefficient (Wildman–Crippen LogP) is 0.654. The maximum absolute atomic E-state index is 12.6. The average Bonchev–Trinajstić information content (AvgIpc) is 3.13. The van der Waals surface area contributed by atoms with Gasteiger partial charge in [-0.05, 0) is 32.4 Å². The van der Waals surface area contributed by atoms with E-state index in [4.69, 9.17) is 9.47 Å². The maximum atomic E-state index is 12.6. The molecule has 0 unspecified atom stereocenters. The number of nitrogens with zero attached hydrogens (tertiary/aromatic N) is 3. The average molecular weight is 392 g/mol. The van der Waals surface area contributed by atoms with Gasteiger partial charge in [0.2, 0.25) is 0 Å². The molecule has 144 valence electrons. The van der Waals surface area contributed by atoms with Crippen molar-refractivity contribution < 1.29 is 22.7 Å². The third kappa shape index (κ3) is 3.36. The van der Waals surface area contributed by atoms with Crippen molar-refractivity contribution in [2.75, 3.05) is 24.7 Å². The lowest BCUT2D eigenvalue weighted by atomic mass is 10.0. The van der Waals surface area contributed by atoms with Crippen molar-refractivity contribution in [3.8, 4) is 17.2 Å². The van der Waals surface area contributed by atoms with Gasteiger partial charge < -0.3 is 14.8 Å². The number of hydrogen-bond acceptors (Lipinski definition) is 7. The Labute approximate surface area is 156 Å². The van der Waals surface area contributed by atoms with Crippen LogP contribution < -0.4 is 14.8 Å². The van der Waals surface area contributed by atoms with Gasteiger partial charge in [-0.15, -0.1) is 5.10 Å². The molecule has 2 aliphatic heterocycles. The smallest absolute Gasteiger partial charge is 0.274 e. The fourth-order valence-electron chi connectivity index (χ4n) is 3.39. The van der Waals surface area contributed by atoms with E-state index in [9.17, 15) is 13.2 Å². The minimum absolute atomic E-state index is 0.0684. The largest absolute Gasteiger partial charge is 0.486 e. The number of carbonyl (C=O) groups is 1. The van der Waals surface area contributed by atoms with Gasteiger partial charge in [0.05, 0.1) is 28.4 Å². The summed E-state index contributed by atoms with van der Waals surface area (Å²) in [5.74, 6) is 0.851. The summed E-state index contributed by atoms with van der Waals surface area (Å²) < 4.78 is 36.1. The number of nitrogens with one attached hydrogen (secondary N) is 1. The Hall–Kier alpha value is -2.62. The number of fused-ring (bicyclic) bond motifs is 1. The minimum atomic E-state index is -3.12. The van der Waals surface area contributed by atoms with Gasteiger partial charge in [-0.1, -0.05) is 5.21 Å².